The molecule has 0 aliphatic carbocycles. The first kappa shape index (κ1) is 25.3. The number of rotatable bonds is 6. The maximum atomic E-state index is 13.0. The van der Waals surface area contributed by atoms with E-state index in [1.807, 2.05) is 42.5 Å². The van der Waals surface area contributed by atoms with Crippen LogP contribution in [0.2, 0.25) is 5.02 Å². The average Bonchev–Trinajstić information content (AvgIpc) is 3.17. The Morgan fingerprint density at radius 2 is 1.55 bits per heavy atom. The Hall–Kier alpha value is -4.34. The summed E-state index contributed by atoms with van der Waals surface area (Å²) in [6, 6.07) is 22.8. The predicted molar refractivity (Wildman–Crippen MR) is 149 cm³/mol. The maximum absolute atomic E-state index is 13.0. The van der Waals surface area contributed by atoms with E-state index in [1.54, 1.807) is 42.6 Å². The molecule has 1 aromatic heterocycles. The molecule has 3 amide bonds. The van der Waals surface area contributed by atoms with E-state index in [0.717, 1.165) is 10.9 Å². The summed E-state index contributed by atoms with van der Waals surface area (Å²) in [6.45, 7) is 0.0651. The largest absolute Gasteiger partial charge is 0.356 e. The molecule has 0 radical (unpaired) electrons. The Bertz CT molecular complexity index is 1520. The van der Waals surface area contributed by atoms with Crippen LogP contribution in [0.25, 0.3) is 10.8 Å². The number of pyridine rings is 1. The van der Waals surface area contributed by atoms with Gasteiger partial charge in [-0.05, 0) is 59.9 Å². The van der Waals surface area contributed by atoms with E-state index < -0.39 is 11.9 Å². The highest BCUT2D eigenvalue weighted by Gasteiger charge is 2.36. The lowest BCUT2D eigenvalue weighted by Gasteiger charge is -2.25. The normalized spacial score (nSPS) is 13.2. The van der Waals surface area contributed by atoms with Crippen molar-refractivity contribution in [1.82, 2.24) is 26.1 Å². The van der Waals surface area contributed by atoms with E-state index in [1.165, 1.54) is 4.90 Å². The second-order valence-electron chi connectivity index (χ2n) is 8.73. The molecule has 0 saturated carbocycles. The SMILES string of the molecule is O=C(NNC(=S)NC(Cc1ccc(Cl)cc1)CN1C(=O)c2ccccc2C1=O)c1nccc2ccccc12. The lowest BCUT2D eigenvalue weighted by molar-refractivity contribution is 0.0641. The molecule has 190 valence electrons. The minimum absolute atomic E-state index is 0.0651. The second-order valence-corrected chi connectivity index (χ2v) is 9.57. The van der Waals surface area contributed by atoms with Crippen molar-refractivity contribution in [2.75, 3.05) is 6.54 Å². The number of nitrogens with zero attached hydrogens (tertiary/aromatic N) is 2. The molecular weight excluding hydrogens is 522 g/mol. The summed E-state index contributed by atoms with van der Waals surface area (Å²) in [5, 5.41) is 5.44. The van der Waals surface area contributed by atoms with Crippen molar-refractivity contribution >= 4 is 57.4 Å². The summed E-state index contributed by atoms with van der Waals surface area (Å²) in [5.41, 5.74) is 7.20. The topological polar surface area (TPSA) is 103 Å². The molecule has 8 nitrogen and oxygen atoms in total. The molecule has 1 aliphatic heterocycles. The monoisotopic (exact) mass is 543 g/mol. The molecule has 1 atom stereocenters. The number of benzene rings is 3. The van der Waals surface area contributed by atoms with E-state index in [9.17, 15) is 14.4 Å². The van der Waals surface area contributed by atoms with Crippen molar-refractivity contribution in [2.45, 2.75) is 12.5 Å². The van der Waals surface area contributed by atoms with Crippen molar-refractivity contribution in [3.63, 3.8) is 0 Å². The quantitative estimate of drug-likeness (QED) is 0.192. The number of imide groups is 1. The van der Waals surface area contributed by atoms with Gasteiger partial charge in [0.2, 0.25) is 0 Å². The number of hydrogen-bond donors (Lipinski definition) is 3. The standard InChI is InChI=1S/C28H22ClN5O3S/c29-19-11-9-17(10-12-19)15-20(16-34-26(36)22-7-3-4-8-23(22)27(34)37)31-28(38)33-32-25(35)24-21-6-2-1-5-18(21)13-14-30-24/h1-14,20H,15-16H2,(H,32,35)(H2,31,33,38). The molecule has 38 heavy (non-hydrogen) atoms. The van der Waals surface area contributed by atoms with Crippen LogP contribution in [0.1, 0.15) is 36.8 Å². The van der Waals surface area contributed by atoms with Crippen LogP contribution in [0.4, 0.5) is 0 Å². The van der Waals surface area contributed by atoms with E-state index in [-0.39, 0.29) is 29.2 Å². The van der Waals surface area contributed by atoms with Crippen LogP contribution in [0.3, 0.4) is 0 Å². The lowest BCUT2D eigenvalue weighted by atomic mass is 10.1. The van der Waals surface area contributed by atoms with Gasteiger partial charge in [-0.1, -0.05) is 60.1 Å². The van der Waals surface area contributed by atoms with Crippen LogP contribution < -0.4 is 16.2 Å². The number of carbonyl (C=O) groups excluding carboxylic acids is 3. The highest BCUT2D eigenvalue weighted by molar-refractivity contribution is 7.80. The first-order valence-corrected chi connectivity index (χ1v) is 12.6. The fourth-order valence-corrected chi connectivity index (χ4v) is 4.73. The van der Waals surface area contributed by atoms with Gasteiger partial charge in [0.25, 0.3) is 17.7 Å². The zero-order chi connectivity index (χ0) is 26.6. The van der Waals surface area contributed by atoms with Crippen molar-refractivity contribution in [3.05, 3.63) is 112 Å². The molecule has 3 aromatic carbocycles. The third-order valence-electron chi connectivity index (χ3n) is 6.19. The number of amides is 3. The van der Waals surface area contributed by atoms with Gasteiger partial charge in [0.1, 0.15) is 5.69 Å². The predicted octanol–water partition coefficient (Wildman–Crippen LogP) is 3.90. The Morgan fingerprint density at radius 3 is 2.26 bits per heavy atom. The maximum Gasteiger partial charge on any atom is 0.288 e. The van der Waals surface area contributed by atoms with Crippen LogP contribution in [0, 0.1) is 0 Å². The summed E-state index contributed by atoms with van der Waals surface area (Å²) in [4.78, 5) is 44.1. The lowest BCUT2D eigenvalue weighted by Crippen LogP contribution is -2.53. The van der Waals surface area contributed by atoms with E-state index in [2.05, 4.69) is 21.2 Å². The van der Waals surface area contributed by atoms with Gasteiger partial charge in [-0.25, -0.2) is 0 Å². The molecule has 5 rings (SSSR count). The molecule has 0 saturated heterocycles. The number of aromatic nitrogens is 1. The number of hydrazine groups is 1. The van der Waals surface area contributed by atoms with Gasteiger partial charge in [-0.3, -0.25) is 35.1 Å². The first-order chi connectivity index (χ1) is 18.4. The van der Waals surface area contributed by atoms with Gasteiger partial charge >= 0.3 is 0 Å². The summed E-state index contributed by atoms with van der Waals surface area (Å²) >= 11 is 11.5. The van der Waals surface area contributed by atoms with Crippen LogP contribution in [-0.2, 0) is 6.42 Å². The Kier molecular flexibility index (Phi) is 7.30. The fourth-order valence-electron chi connectivity index (χ4n) is 4.39. The Labute approximate surface area is 229 Å². The summed E-state index contributed by atoms with van der Waals surface area (Å²) in [6.07, 6.45) is 2.00. The zero-order valence-electron chi connectivity index (χ0n) is 20.0. The fraction of sp³-hybridized carbons (Fsp3) is 0.107. The zero-order valence-corrected chi connectivity index (χ0v) is 21.6. The Balaban J connectivity index is 1.29. The number of fused-ring (bicyclic) bond motifs is 2. The van der Waals surface area contributed by atoms with E-state index in [0.29, 0.717) is 28.0 Å². The van der Waals surface area contributed by atoms with Crippen LogP contribution >= 0.6 is 23.8 Å². The first-order valence-electron chi connectivity index (χ1n) is 11.8. The number of nitrogens with one attached hydrogen (secondary N) is 3. The molecule has 10 heteroatoms. The molecule has 0 bridgehead atoms. The number of thiocarbonyl (C=S) groups is 1. The Morgan fingerprint density at radius 1 is 0.895 bits per heavy atom. The van der Waals surface area contributed by atoms with E-state index >= 15 is 0 Å². The highest BCUT2D eigenvalue weighted by Crippen LogP contribution is 2.23. The summed E-state index contributed by atoms with van der Waals surface area (Å²) < 4.78 is 0. The van der Waals surface area contributed by atoms with Gasteiger partial charge in [-0.15, -0.1) is 0 Å². The molecule has 0 fully saturated rings. The van der Waals surface area contributed by atoms with Crippen molar-refractivity contribution in [2.24, 2.45) is 0 Å². The molecule has 0 spiro atoms. The second kappa shape index (κ2) is 11.0. The average molecular weight is 544 g/mol. The third-order valence-corrected chi connectivity index (χ3v) is 6.66. The molecular formula is C28H22ClN5O3S. The molecule has 2 heterocycles. The molecule has 3 N–H and O–H groups in total. The van der Waals surface area contributed by atoms with Crippen molar-refractivity contribution < 1.29 is 14.4 Å². The number of halogens is 1. The van der Waals surface area contributed by atoms with Crippen molar-refractivity contribution in [3.8, 4) is 0 Å². The van der Waals surface area contributed by atoms with Crippen LogP contribution in [0.5, 0.6) is 0 Å². The molecule has 1 aliphatic rings. The molecule has 4 aromatic rings. The van der Waals surface area contributed by atoms with E-state index in [4.69, 9.17) is 23.8 Å². The van der Waals surface area contributed by atoms with Crippen LogP contribution in [-0.4, -0.2) is 45.3 Å². The molecule has 1 unspecified atom stereocenters. The third kappa shape index (κ3) is 5.34. The highest BCUT2D eigenvalue weighted by atomic mass is 35.5. The summed E-state index contributed by atoms with van der Waals surface area (Å²) in [5.74, 6) is -1.18. The van der Waals surface area contributed by atoms with Gasteiger partial charge in [0.05, 0.1) is 17.2 Å². The van der Waals surface area contributed by atoms with Crippen molar-refractivity contribution in [1.29, 1.82) is 0 Å². The summed E-state index contributed by atoms with van der Waals surface area (Å²) in [7, 11) is 0. The minimum atomic E-state index is -0.458. The minimum Gasteiger partial charge on any atom is -0.356 e. The number of hydrogen-bond acceptors (Lipinski definition) is 5. The number of carbonyl (C=O) groups is 3. The van der Waals surface area contributed by atoms with Gasteiger partial charge in [0.15, 0.2) is 5.11 Å². The van der Waals surface area contributed by atoms with Gasteiger partial charge in [-0.2, -0.15) is 0 Å². The van der Waals surface area contributed by atoms with Crippen LogP contribution in [0.15, 0.2) is 85.1 Å². The van der Waals surface area contributed by atoms with Gasteiger partial charge in [0, 0.05) is 23.2 Å². The van der Waals surface area contributed by atoms with Gasteiger partial charge < -0.3 is 5.32 Å². The smallest absolute Gasteiger partial charge is 0.288 e.